The van der Waals surface area contributed by atoms with Gasteiger partial charge < -0.3 is 14.8 Å². The smallest absolute Gasteiger partial charge is 0.256 e. The van der Waals surface area contributed by atoms with E-state index in [0.717, 1.165) is 53.9 Å². The van der Waals surface area contributed by atoms with Crippen molar-refractivity contribution in [2.75, 3.05) is 31.1 Å². The molecule has 0 spiro atoms. The number of aryl methyl sites for hydroxylation is 2. The SMILES string of the molecule is C[C@H]1CCc2[nH]c3c(C(=O)N4CCN(c5ncnc6c5cnn6C)CC4)cccc3c2C1. The number of para-hydroxylation sites is 1. The normalized spacial score (nSPS) is 19.0. The Balaban J connectivity index is 1.25. The summed E-state index contributed by atoms with van der Waals surface area (Å²) < 4.78 is 1.76. The molecule has 1 aliphatic heterocycles. The zero-order chi connectivity index (χ0) is 21.8. The maximum Gasteiger partial charge on any atom is 0.256 e. The van der Waals surface area contributed by atoms with Gasteiger partial charge in [0.1, 0.15) is 12.1 Å². The van der Waals surface area contributed by atoms with Crippen LogP contribution in [0.15, 0.2) is 30.7 Å². The molecule has 0 saturated carbocycles. The van der Waals surface area contributed by atoms with Crippen LogP contribution >= 0.6 is 0 Å². The lowest BCUT2D eigenvalue weighted by atomic mass is 9.87. The number of H-pyrrole nitrogens is 1. The zero-order valence-electron chi connectivity index (χ0n) is 18.5. The predicted molar refractivity (Wildman–Crippen MR) is 124 cm³/mol. The molecule has 1 N–H and O–H groups in total. The van der Waals surface area contributed by atoms with Gasteiger partial charge in [0, 0.05) is 44.3 Å². The number of fused-ring (bicyclic) bond motifs is 4. The van der Waals surface area contributed by atoms with Crippen LogP contribution in [0.1, 0.15) is 35.0 Å². The maximum absolute atomic E-state index is 13.5. The number of amides is 1. The molecule has 6 rings (SSSR count). The van der Waals surface area contributed by atoms with Crippen molar-refractivity contribution in [2.24, 2.45) is 13.0 Å². The monoisotopic (exact) mass is 429 g/mol. The summed E-state index contributed by atoms with van der Waals surface area (Å²) in [5.74, 6) is 1.70. The molecule has 4 aromatic rings. The van der Waals surface area contributed by atoms with Gasteiger partial charge in [-0.2, -0.15) is 5.10 Å². The lowest BCUT2D eigenvalue weighted by Crippen LogP contribution is -2.49. The third-order valence-corrected chi connectivity index (χ3v) is 7.07. The first-order valence-electron chi connectivity index (χ1n) is 11.4. The van der Waals surface area contributed by atoms with E-state index >= 15 is 0 Å². The molecule has 0 radical (unpaired) electrons. The summed E-state index contributed by atoms with van der Waals surface area (Å²) >= 11 is 0. The Morgan fingerprint density at radius 1 is 1.12 bits per heavy atom. The summed E-state index contributed by atoms with van der Waals surface area (Å²) in [7, 11) is 1.88. The zero-order valence-corrected chi connectivity index (χ0v) is 18.5. The standard InChI is InChI=1S/C24H27N7O/c1-15-6-7-20-18(12-15)16-4-3-5-17(21(16)28-20)24(32)31-10-8-30(9-11-31)23-19-13-27-29(2)22(19)25-14-26-23/h3-5,13-15,28H,6-12H2,1-2H3/t15-/m0/s1. The summed E-state index contributed by atoms with van der Waals surface area (Å²) in [4.78, 5) is 30.1. The van der Waals surface area contributed by atoms with E-state index in [1.807, 2.05) is 30.3 Å². The van der Waals surface area contributed by atoms with Crippen molar-refractivity contribution in [3.05, 3.63) is 47.5 Å². The van der Waals surface area contributed by atoms with Gasteiger partial charge in [0.25, 0.3) is 5.91 Å². The molecule has 1 saturated heterocycles. The van der Waals surface area contributed by atoms with Crippen LogP contribution in [0.4, 0.5) is 5.82 Å². The van der Waals surface area contributed by atoms with Crippen LogP contribution in [-0.4, -0.2) is 61.7 Å². The van der Waals surface area contributed by atoms with Gasteiger partial charge >= 0.3 is 0 Å². The van der Waals surface area contributed by atoms with Gasteiger partial charge in [0.05, 0.1) is 22.7 Å². The van der Waals surface area contributed by atoms with Crippen molar-refractivity contribution in [1.82, 2.24) is 29.6 Å². The summed E-state index contributed by atoms with van der Waals surface area (Å²) in [5, 5.41) is 6.48. The molecule has 1 fully saturated rings. The molecule has 0 unspecified atom stereocenters. The number of aromatic amines is 1. The van der Waals surface area contributed by atoms with E-state index in [1.165, 1.54) is 23.1 Å². The molecule has 1 atom stereocenters. The summed E-state index contributed by atoms with van der Waals surface area (Å²) in [5.41, 5.74) is 5.33. The van der Waals surface area contributed by atoms with E-state index in [2.05, 4.69) is 37.9 Å². The number of aromatic nitrogens is 5. The molecular formula is C24H27N7O. The first-order chi connectivity index (χ1) is 15.6. The van der Waals surface area contributed by atoms with Crippen LogP contribution in [0.3, 0.4) is 0 Å². The predicted octanol–water partition coefficient (Wildman–Crippen LogP) is 2.93. The van der Waals surface area contributed by atoms with E-state index in [1.54, 1.807) is 11.0 Å². The van der Waals surface area contributed by atoms with Gasteiger partial charge in [-0.1, -0.05) is 19.1 Å². The van der Waals surface area contributed by atoms with Crippen molar-refractivity contribution < 1.29 is 4.79 Å². The average Bonchev–Trinajstić information content (AvgIpc) is 3.39. The Morgan fingerprint density at radius 2 is 1.97 bits per heavy atom. The third-order valence-electron chi connectivity index (χ3n) is 7.07. The quantitative estimate of drug-likeness (QED) is 0.530. The average molecular weight is 430 g/mol. The van der Waals surface area contributed by atoms with Crippen LogP contribution in [0.25, 0.3) is 21.9 Å². The van der Waals surface area contributed by atoms with Gasteiger partial charge in [0.2, 0.25) is 0 Å². The Morgan fingerprint density at radius 3 is 2.81 bits per heavy atom. The number of anilines is 1. The molecule has 4 heterocycles. The molecule has 32 heavy (non-hydrogen) atoms. The molecule has 1 aliphatic carbocycles. The fraction of sp³-hybridized carbons (Fsp3) is 0.417. The second-order valence-electron chi connectivity index (χ2n) is 9.14. The van der Waals surface area contributed by atoms with Gasteiger partial charge in [-0.3, -0.25) is 9.48 Å². The lowest BCUT2D eigenvalue weighted by molar-refractivity contribution is 0.0748. The second-order valence-corrected chi connectivity index (χ2v) is 9.14. The largest absolute Gasteiger partial charge is 0.358 e. The van der Waals surface area contributed by atoms with E-state index < -0.39 is 0 Å². The summed E-state index contributed by atoms with van der Waals surface area (Å²) in [6.07, 6.45) is 6.77. The van der Waals surface area contributed by atoms with Crippen molar-refractivity contribution in [1.29, 1.82) is 0 Å². The fourth-order valence-corrected chi connectivity index (χ4v) is 5.29. The number of benzene rings is 1. The van der Waals surface area contributed by atoms with Crippen molar-refractivity contribution in [3.63, 3.8) is 0 Å². The molecular weight excluding hydrogens is 402 g/mol. The molecule has 3 aromatic heterocycles. The van der Waals surface area contributed by atoms with Gasteiger partial charge in [-0.15, -0.1) is 0 Å². The van der Waals surface area contributed by atoms with E-state index in [-0.39, 0.29) is 5.91 Å². The highest BCUT2D eigenvalue weighted by Crippen LogP contribution is 2.33. The van der Waals surface area contributed by atoms with Crippen molar-refractivity contribution in [2.45, 2.75) is 26.2 Å². The Bertz CT molecular complexity index is 1330. The highest BCUT2D eigenvalue weighted by molar-refractivity contribution is 6.07. The van der Waals surface area contributed by atoms with E-state index in [9.17, 15) is 4.79 Å². The number of carbonyl (C=O) groups excluding carboxylic acids is 1. The minimum absolute atomic E-state index is 0.108. The van der Waals surface area contributed by atoms with Gasteiger partial charge in [-0.05, 0) is 36.8 Å². The molecule has 8 nitrogen and oxygen atoms in total. The van der Waals surface area contributed by atoms with Crippen LogP contribution in [-0.2, 0) is 19.9 Å². The van der Waals surface area contributed by atoms with Gasteiger partial charge in [-0.25, -0.2) is 9.97 Å². The number of hydrogen-bond donors (Lipinski definition) is 1. The first-order valence-corrected chi connectivity index (χ1v) is 11.4. The number of nitrogens with one attached hydrogen (secondary N) is 1. The van der Waals surface area contributed by atoms with Gasteiger partial charge in [0.15, 0.2) is 5.65 Å². The Kier molecular flexibility index (Phi) is 4.41. The molecule has 8 heteroatoms. The number of rotatable bonds is 2. The van der Waals surface area contributed by atoms with Crippen LogP contribution in [0, 0.1) is 5.92 Å². The summed E-state index contributed by atoms with van der Waals surface area (Å²) in [6.45, 7) is 5.12. The number of hydrogen-bond acceptors (Lipinski definition) is 5. The van der Waals surface area contributed by atoms with Crippen molar-refractivity contribution >= 4 is 33.7 Å². The molecule has 2 aliphatic rings. The highest BCUT2D eigenvalue weighted by atomic mass is 16.2. The first kappa shape index (κ1) is 19.3. The lowest BCUT2D eigenvalue weighted by Gasteiger charge is -2.35. The second kappa shape index (κ2) is 7.32. The highest BCUT2D eigenvalue weighted by Gasteiger charge is 2.27. The molecule has 1 aromatic carbocycles. The van der Waals surface area contributed by atoms with Crippen LogP contribution in [0.2, 0.25) is 0 Å². The molecule has 1 amide bonds. The minimum Gasteiger partial charge on any atom is -0.358 e. The minimum atomic E-state index is 0.108. The van der Waals surface area contributed by atoms with Crippen molar-refractivity contribution in [3.8, 4) is 0 Å². The topological polar surface area (TPSA) is 82.9 Å². The molecule has 0 bridgehead atoms. The number of nitrogens with zero attached hydrogens (tertiary/aromatic N) is 6. The van der Waals surface area contributed by atoms with E-state index in [4.69, 9.17) is 0 Å². The number of carbonyl (C=O) groups is 1. The van der Waals surface area contributed by atoms with Crippen LogP contribution < -0.4 is 4.90 Å². The number of piperazine rings is 1. The summed E-state index contributed by atoms with van der Waals surface area (Å²) in [6, 6.07) is 6.15. The maximum atomic E-state index is 13.5. The van der Waals surface area contributed by atoms with Crippen LogP contribution in [0.5, 0.6) is 0 Å². The fourth-order valence-electron chi connectivity index (χ4n) is 5.29. The Hall–Kier alpha value is -3.42. The molecule has 164 valence electrons. The third kappa shape index (κ3) is 2.97. The van der Waals surface area contributed by atoms with E-state index in [0.29, 0.717) is 19.0 Å². The Labute approximate surface area is 186 Å².